The van der Waals surface area contributed by atoms with Gasteiger partial charge in [0.25, 0.3) is 0 Å². The van der Waals surface area contributed by atoms with E-state index in [-0.39, 0.29) is 31.4 Å². The molecule has 2 amide bonds. The van der Waals surface area contributed by atoms with Crippen molar-refractivity contribution in [1.29, 1.82) is 5.26 Å². The molecule has 3 aliphatic heterocycles. The number of aliphatic carboxylic acids is 1. The summed E-state index contributed by atoms with van der Waals surface area (Å²) in [6.07, 6.45) is 1.85. The molecular weight excluding hydrogens is 676 g/mol. The second-order valence-corrected chi connectivity index (χ2v) is 14.2. The average molecular weight is 725 g/mol. The highest BCUT2D eigenvalue weighted by molar-refractivity contribution is 5.88. The topological polar surface area (TPSA) is 170 Å². The van der Waals surface area contributed by atoms with E-state index in [1.165, 1.54) is 4.90 Å². The van der Waals surface area contributed by atoms with Crippen LogP contribution >= 0.6 is 0 Å². The summed E-state index contributed by atoms with van der Waals surface area (Å²) in [5, 5.41) is 32.6. The summed E-state index contributed by atoms with van der Waals surface area (Å²) >= 11 is 0. The maximum Gasteiger partial charge on any atom is 0.326 e. The van der Waals surface area contributed by atoms with Crippen molar-refractivity contribution >= 4 is 23.8 Å². The molecule has 0 aliphatic carbocycles. The fourth-order valence-electron chi connectivity index (χ4n) is 7.20. The van der Waals surface area contributed by atoms with E-state index in [1.54, 1.807) is 36.9 Å². The molecule has 3 N–H and O–H groups in total. The third kappa shape index (κ3) is 9.04. The number of carbonyl (C=O) groups excluding carboxylic acids is 3. The van der Waals surface area contributed by atoms with Gasteiger partial charge in [0.05, 0.1) is 30.3 Å². The Balaban J connectivity index is 0.000000222. The molecule has 53 heavy (non-hydrogen) atoms. The molecule has 12 nitrogen and oxygen atoms in total. The lowest BCUT2D eigenvalue weighted by molar-refractivity contribution is -0.153. The van der Waals surface area contributed by atoms with Crippen molar-refractivity contribution in [2.45, 2.75) is 102 Å². The van der Waals surface area contributed by atoms with E-state index >= 15 is 0 Å². The van der Waals surface area contributed by atoms with Gasteiger partial charge in [0.15, 0.2) is 0 Å². The number of aliphatic hydroxyl groups is 1. The number of benzene rings is 3. The lowest BCUT2D eigenvalue weighted by atomic mass is 9.85. The summed E-state index contributed by atoms with van der Waals surface area (Å²) in [6, 6.07) is 21.8. The Morgan fingerprint density at radius 1 is 1.08 bits per heavy atom. The maximum absolute atomic E-state index is 13.3. The Labute approximate surface area is 310 Å². The number of carboxylic acid groups (broad SMARTS) is 1. The zero-order valence-corrected chi connectivity index (χ0v) is 30.7. The lowest BCUT2D eigenvalue weighted by Crippen LogP contribution is -2.56. The van der Waals surface area contributed by atoms with Crippen LogP contribution in [0.2, 0.25) is 0 Å². The standard InChI is InChI=1S/C25H30N2O5.C16H18N2O3/c1-3-32-25(31)21(14-13-18-9-5-4-6-10-18)26-17(2)23(28)27-16-20-12-8-7-11-19(20)15-22(27)24(29)30;1-16(2)15(20)14(18-7-3-4-13(18)19)11-8-10(9-17)5-6-12(11)21-16/h4-12,17,21-22,26H,3,13-16H2,1-2H3,(H,29,30);5-6,8,14-15,20H,3-4,7H2,1-2H3/t17-,21-,22-;14-,15+/m01/s1. The van der Waals surface area contributed by atoms with Gasteiger partial charge < -0.3 is 29.5 Å². The van der Waals surface area contributed by atoms with Crippen LogP contribution in [0.3, 0.4) is 0 Å². The van der Waals surface area contributed by atoms with Gasteiger partial charge >= 0.3 is 11.9 Å². The zero-order valence-electron chi connectivity index (χ0n) is 30.7. The molecule has 0 radical (unpaired) electrons. The number of carbonyl (C=O) groups is 4. The Hall–Kier alpha value is -5.25. The minimum absolute atomic E-state index is 0.0464. The highest BCUT2D eigenvalue weighted by Crippen LogP contribution is 2.44. The number of esters is 1. The first-order valence-electron chi connectivity index (χ1n) is 18.1. The normalized spacial score (nSPS) is 21.1. The van der Waals surface area contributed by atoms with E-state index < -0.39 is 47.8 Å². The van der Waals surface area contributed by atoms with Crippen LogP contribution in [0.25, 0.3) is 0 Å². The fraction of sp³-hybridized carbons (Fsp3) is 0.439. The van der Waals surface area contributed by atoms with Crippen molar-refractivity contribution < 1.29 is 38.9 Å². The Kier molecular flexibility index (Phi) is 12.5. The molecule has 12 heteroatoms. The van der Waals surface area contributed by atoms with E-state index in [1.807, 2.05) is 68.4 Å². The first-order chi connectivity index (χ1) is 25.3. The summed E-state index contributed by atoms with van der Waals surface area (Å²) in [5.74, 6) is -1.12. The summed E-state index contributed by atoms with van der Waals surface area (Å²) in [4.78, 5) is 52.9. The second-order valence-electron chi connectivity index (χ2n) is 14.2. The average Bonchev–Trinajstić information content (AvgIpc) is 3.58. The van der Waals surface area contributed by atoms with E-state index in [9.17, 15) is 29.4 Å². The molecule has 0 bridgehead atoms. The summed E-state index contributed by atoms with van der Waals surface area (Å²) in [7, 11) is 0. The van der Waals surface area contributed by atoms with E-state index in [0.717, 1.165) is 28.7 Å². The highest BCUT2D eigenvalue weighted by atomic mass is 16.5. The van der Waals surface area contributed by atoms with Crippen LogP contribution in [0.5, 0.6) is 5.75 Å². The van der Waals surface area contributed by atoms with Crippen molar-refractivity contribution in [2.24, 2.45) is 0 Å². The van der Waals surface area contributed by atoms with Crippen LogP contribution in [0.4, 0.5) is 0 Å². The van der Waals surface area contributed by atoms with Gasteiger partial charge in [-0.25, -0.2) is 4.79 Å². The monoisotopic (exact) mass is 724 g/mol. The van der Waals surface area contributed by atoms with Gasteiger partial charge in [-0.15, -0.1) is 0 Å². The van der Waals surface area contributed by atoms with E-state index in [2.05, 4.69) is 11.4 Å². The molecule has 3 aromatic carbocycles. The van der Waals surface area contributed by atoms with E-state index in [4.69, 9.17) is 14.7 Å². The molecular formula is C41H48N4O8. The predicted octanol–water partition coefficient (Wildman–Crippen LogP) is 4.32. The predicted molar refractivity (Wildman–Crippen MR) is 195 cm³/mol. The minimum atomic E-state index is -1.04. The first kappa shape index (κ1) is 39.0. The summed E-state index contributed by atoms with van der Waals surface area (Å²) in [6.45, 7) is 8.13. The zero-order chi connectivity index (χ0) is 38.3. The van der Waals surface area contributed by atoms with Crippen LogP contribution in [-0.4, -0.2) is 86.7 Å². The maximum atomic E-state index is 13.3. The van der Waals surface area contributed by atoms with Gasteiger partial charge in [-0.1, -0.05) is 54.6 Å². The smallest absolute Gasteiger partial charge is 0.326 e. The van der Waals surface area contributed by atoms with Crippen molar-refractivity contribution in [1.82, 2.24) is 15.1 Å². The number of hydrogen-bond donors (Lipinski definition) is 3. The molecule has 1 fully saturated rings. The Bertz CT molecular complexity index is 1840. The van der Waals surface area contributed by atoms with Gasteiger partial charge in [0.2, 0.25) is 11.8 Å². The molecule has 280 valence electrons. The van der Waals surface area contributed by atoms with Crippen molar-refractivity contribution in [3.63, 3.8) is 0 Å². The van der Waals surface area contributed by atoms with E-state index in [0.29, 0.717) is 37.1 Å². The first-order valence-corrected chi connectivity index (χ1v) is 18.1. The van der Waals surface area contributed by atoms with Crippen LogP contribution < -0.4 is 10.1 Å². The number of aryl methyl sites for hydroxylation is 1. The SMILES string of the molecule is CC1(C)Oc2ccc(C#N)cc2[C@@H](N2CCCC2=O)[C@@H]1O.CCOC(=O)[C@H](CCc1ccccc1)N[C@@H](C)C(=O)N1Cc2ccccc2C[C@H]1C(=O)O. The molecule has 0 spiro atoms. The van der Waals surface area contributed by atoms with Crippen LogP contribution in [-0.2, 0) is 43.3 Å². The molecule has 3 aromatic rings. The molecule has 6 rings (SSSR count). The number of nitrogens with one attached hydrogen (secondary N) is 1. The number of carboxylic acids is 1. The van der Waals surface area contributed by atoms with Crippen molar-refractivity contribution in [3.8, 4) is 11.8 Å². The van der Waals surface area contributed by atoms with Gasteiger partial charge in [0.1, 0.15) is 29.5 Å². The summed E-state index contributed by atoms with van der Waals surface area (Å²) < 4.78 is 11.1. The van der Waals surface area contributed by atoms with Crippen molar-refractivity contribution in [2.75, 3.05) is 13.2 Å². The molecule has 5 atom stereocenters. The van der Waals surface area contributed by atoms with Gasteiger partial charge in [-0.2, -0.15) is 5.26 Å². The molecule has 3 heterocycles. The second kappa shape index (κ2) is 17.1. The number of nitrogens with zero attached hydrogens (tertiary/aromatic N) is 3. The third-order valence-electron chi connectivity index (χ3n) is 10.1. The third-order valence-corrected chi connectivity index (χ3v) is 10.1. The number of hydrogen-bond acceptors (Lipinski definition) is 9. The van der Waals surface area contributed by atoms with Crippen LogP contribution in [0, 0.1) is 11.3 Å². The quantitative estimate of drug-likeness (QED) is 0.256. The molecule has 0 aromatic heterocycles. The minimum Gasteiger partial charge on any atom is -0.485 e. The number of fused-ring (bicyclic) bond motifs is 2. The number of likely N-dealkylation sites (tertiary alicyclic amines) is 1. The number of amides is 2. The number of nitriles is 1. The Morgan fingerprint density at radius 2 is 1.77 bits per heavy atom. The van der Waals surface area contributed by atoms with Crippen LogP contribution in [0.15, 0.2) is 72.8 Å². The van der Waals surface area contributed by atoms with Gasteiger partial charge in [-0.3, -0.25) is 19.7 Å². The van der Waals surface area contributed by atoms with Crippen molar-refractivity contribution in [3.05, 3.63) is 101 Å². The molecule has 0 saturated carbocycles. The lowest BCUT2D eigenvalue weighted by Gasteiger charge is -2.45. The molecule has 1 saturated heterocycles. The highest BCUT2D eigenvalue weighted by Gasteiger charge is 2.47. The van der Waals surface area contributed by atoms with Gasteiger partial charge in [0, 0.05) is 31.5 Å². The number of ether oxygens (including phenoxy) is 2. The Morgan fingerprint density at radius 3 is 2.42 bits per heavy atom. The number of aliphatic hydroxyl groups excluding tert-OH is 1. The molecule has 3 aliphatic rings. The summed E-state index contributed by atoms with van der Waals surface area (Å²) in [5.41, 5.74) is 3.40. The number of rotatable bonds is 10. The fourth-order valence-corrected chi connectivity index (χ4v) is 7.20. The van der Waals surface area contributed by atoms with Crippen LogP contribution in [0.1, 0.15) is 80.8 Å². The largest absolute Gasteiger partial charge is 0.485 e. The molecule has 0 unspecified atom stereocenters. The van der Waals surface area contributed by atoms with Gasteiger partial charge in [-0.05, 0) is 81.8 Å².